The third-order valence-electron chi connectivity index (χ3n) is 5.85. The third kappa shape index (κ3) is 3.52. The van der Waals surface area contributed by atoms with Crippen molar-refractivity contribution >= 4 is 38.1 Å². The minimum Gasteiger partial charge on any atom is -0.305 e. The first-order valence-electron chi connectivity index (χ1n) is 10.5. The average Bonchev–Trinajstić information content (AvgIpc) is 3.14. The molecule has 0 spiro atoms. The van der Waals surface area contributed by atoms with Crippen LogP contribution in [-0.2, 0) is 16.4 Å². The number of carbonyl (C=O) groups excluding carboxylic acids is 1. The standard InChI is InChI=1S/C26H22N2O3S/c1-18-16-21-17-22(14-15-25(21)28(18)26(29)20-9-3-2-4-10-20)32(30,31)27-24-13-7-11-19-8-5-6-12-23(19)24/h2-15,17-18,27H,16H2,1H3/t18-/m0/s1. The molecule has 1 aliphatic heterocycles. The van der Waals surface area contributed by atoms with Gasteiger partial charge in [-0.25, -0.2) is 8.42 Å². The van der Waals surface area contributed by atoms with Gasteiger partial charge in [-0.3, -0.25) is 9.52 Å². The molecule has 5 rings (SSSR count). The van der Waals surface area contributed by atoms with Crippen molar-refractivity contribution in [3.05, 3.63) is 102 Å². The number of nitrogens with one attached hydrogen (secondary N) is 1. The predicted octanol–water partition coefficient (Wildman–Crippen LogP) is 5.23. The summed E-state index contributed by atoms with van der Waals surface area (Å²) in [5.74, 6) is -0.0821. The molecule has 1 heterocycles. The van der Waals surface area contributed by atoms with E-state index in [1.807, 2.05) is 61.5 Å². The summed E-state index contributed by atoms with van der Waals surface area (Å²) in [5, 5.41) is 1.80. The van der Waals surface area contributed by atoms with Crippen molar-refractivity contribution in [3.63, 3.8) is 0 Å². The third-order valence-corrected chi connectivity index (χ3v) is 7.21. The molecule has 0 bridgehead atoms. The molecule has 1 amide bonds. The van der Waals surface area contributed by atoms with E-state index in [1.54, 1.807) is 41.3 Å². The summed E-state index contributed by atoms with van der Waals surface area (Å²) in [6.07, 6.45) is 0.603. The van der Waals surface area contributed by atoms with Crippen LogP contribution in [0.3, 0.4) is 0 Å². The molecule has 0 aromatic heterocycles. The number of benzene rings is 4. The highest BCUT2D eigenvalue weighted by Gasteiger charge is 2.32. The molecule has 0 radical (unpaired) electrons. The predicted molar refractivity (Wildman–Crippen MR) is 128 cm³/mol. The summed E-state index contributed by atoms with van der Waals surface area (Å²) in [6, 6.07) is 27.2. The van der Waals surface area contributed by atoms with Crippen LogP contribution in [0.25, 0.3) is 10.8 Å². The number of hydrogen-bond acceptors (Lipinski definition) is 3. The van der Waals surface area contributed by atoms with Crippen molar-refractivity contribution in [3.8, 4) is 0 Å². The molecular weight excluding hydrogens is 420 g/mol. The summed E-state index contributed by atoms with van der Waals surface area (Å²) in [4.78, 5) is 15.0. The Hall–Kier alpha value is -3.64. The fourth-order valence-corrected chi connectivity index (χ4v) is 5.45. The maximum absolute atomic E-state index is 13.2. The SMILES string of the molecule is C[C@H]1Cc2cc(S(=O)(=O)Nc3cccc4ccccc34)ccc2N1C(=O)c1ccccc1. The largest absolute Gasteiger partial charge is 0.305 e. The molecule has 0 aliphatic carbocycles. The fourth-order valence-electron chi connectivity index (χ4n) is 4.32. The van der Waals surface area contributed by atoms with Crippen LogP contribution >= 0.6 is 0 Å². The molecular formula is C26H22N2O3S. The molecule has 1 atom stereocenters. The number of fused-ring (bicyclic) bond motifs is 2. The Morgan fingerprint density at radius 2 is 1.62 bits per heavy atom. The Bertz CT molecular complexity index is 1430. The van der Waals surface area contributed by atoms with E-state index >= 15 is 0 Å². The average molecular weight is 443 g/mol. The van der Waals surface area contributed by atoms with E-state index < -0.39 is 10.0 Å². The molecule has 4 aromatic rings. The fraction of sp³-hybridized carbons (Fsp3) is 0.115. The zero-order chi connectivity index (χ0) is 22.3. The van der Waals surface area contributed by atoms with Gasteiger partial charge in [-0.15, -0.1) is 0 Å². The highest BCUT2D eigenvalue weighted by molar-refractivity contribution is 7.92. The summed E-state index contributed by atoms with van der Waals surface area (Å²) in [7, 11) is -3.79. The van der Waals surface area contributed by atoms with Gasteiger partial charge in [0.05, 0.1) is 10.6 Å². The highest BCUT2D eigenvalue weighted by atomic mass is 32.2. The quantitative estimate of drug-likeness (QED) is 0.470. The molecule has 1 N–H and O–H groups in total. The number of anilines is 2. The van der Waals surface area contributed by atoms with E-state index in [-0.39, 0.29) is 16.8 Å². The molecule has 4 aromatic carbocycles. The summed E-state index contributed by atoms with van der Waals surface area (Å²) in [6.45, 7) is 1.98. The van der Waals surface area contributed by atoms with E-state index in [2.05, 4.69) is 4.72 Å². The first-order valence-corrected chi connectivity index (χ1v) is 11.9. The van der Waals surface area contributed by atoms with Gasteiger partial charge in [-0.05, 0) is 60.7 Å². The van der Waals surface area contributed by atoms with E-state index in [4.69, 9.17) is 0 Å². The molecule has 1 aliphatic rings. The van der Waals surface area contributed by atoms with Crippen LogP contribution in [0, 0.1) is 0 Å². The van der Waals surface area contributed by atoms with Crippen molar-refractivity contribution < 1.29 is 13.2 Å². The first-order chi connectivity index (χ1) is 15.4. The van der Waals surface area contributed by atoms with Gasteiger partial charge in [0, 0.05) is 22.7 Å². The molecule has 6 heteroatoms. The van der Waals surface area contributed by atoms with Crippen molar-refractivity contribution in [2.75, 3.05) is 9.62 Å². The van der Waals surface area contributed by atoms with Gasteiger partial charge in [0.1, 0.15) is 0 Å². The second-order valence-corrected chi connectivity index (χ2v) is 9.70. The normalized spacial score (nSPS) is 15.5. The van der Waals surface area contributed by atoms with E-state index in [0.29, 0.717) is 17.7 Å². The highest BCUT2D eigenvalue weighted by Crippen LogP contribution is 2.35. The first kappa shape index (κ1) is 20.3. The van der Waals surface area contributed by atoms with E-state index in [9.17, 15) is 13.2 Å². The van der Waals surface area contributed by atoms with Crippen LogP contribution in [0.4, 0.5) is 11.4 Å². The van der Waals surface area contributed by atoms with Crippen molar-refractivity contribution in [1.82, 2.24) is 0 Å². The van der Waals surface area contributed by atoms with Gasteiger partial charge in [0.2, 0.25) is 0 Å². The molecule has 32 heavy (non-hydrogen) atoms. The Balaban J connectivity index is 1.47. The second-order valence-electron chi connectivity index (χ2n) is 8.02. The van der Waals surface area contributed by atoms with Crippen LogP contribution in [0.1, 0.15) is 22.8 Å². The lowest BCUT2D eigenvalue weighted by molar-refractivity contribution is 0.0981. The number of carbonyl (C=O) groups is 1. The molecule has 0 saturated carbocycles. The minimum atomic E-state index is -3.79. The van der Waals surface area contributed by atoms with Crippen LogP contribution in [0.15, 0.2) is 95.9 Å². The number of nitrogens with zero attached hydrogens (tertiary/aromatic N) is 1. The number of rotatable bonds is 4. The van der Waals surface area contributed by atoms with Gasteiger partial charge >= 0.3 is 0 Å². The molecule has 0 saturated heterocycles. The number of sulfonamides is 1. The van der Waals surface area contributed by atoms with Gasteiger partial charge in [-0.1, -0.05) is 54.6 Å². The van der Waals surface area contributed by atoms with Crippen molar-refractivity contribution in [1.29, 1.82) is 0 Å². The number of hydrogen-bond donors (Lipinski definition) is 1. The van der Waals surface area contributed by atoms with Crippen LogP contribution in [-0.4, -0.2) is 20.4 Å². The van der Waals surface area contributed by atoms with Crippen LogP contribution < -0.4 is 9.62 Å². The smallest absolute Gasteiger partial charge is 0.261 e. The molecule has 160 valence electrons. The second kappa shape index (κ2) is 7.80. The lowest BCUT2D eigenvalue weighted by Crippen LogP contribution is -2.35. The lowest BCUT2D eigenvalue weighted by atomic mass is 10.1. The van der Waals surface area contributed by atoms with Crippen molar-refractivity contribution in [2.24, 2.45) is 0 Å². The Morgan fingerprint density at radius 1 is 0.906 bits per heavy atom. The van der Waals surface area contributed by atoms with E-state index in [1.165, 1.54) is 0 Å². The van der Waals surface area contributed by atoms with Crippen molar-refractivity contribution in [2.45, 2.75) is 24.3 Å². The Kier molecular flexibility index (Phi) is 4.94. The van der Waals surface area contributed by atoms with Gasteiger partial charge < -0.3 is 4.90 Å². The summed E-state index contributed by atoms with van der Waals surface area (Å²) < 4.78 is 29.1. The van der Waals surface area contributed by atoms with E-state index in [0.717, 1.165) is 22.0 Å². The van der Waals surface area contributed by atoms with Gasteiger partial charge in [-0.2, -0.15) is 0 Å². The van der Waals surface area contributed by atoms with Crippen LogP contribution in [0.2, 0.25) is 0 Å². The number of amides is 1. The zero-order valence-corrected chi connectivity index (χ0v) is 18.3. The zero-order valence-electron chi connectivity index (χ0n) is 17.5. The summed E-state index contributed by atoms with van der Waals surface area (Å²) in [5.41, 5.74) is 2.76. The molecule has 0 fully saturated rings. The maximum atomic E-state index is 13.2. The molecule has 0 unspecified atom stereocenters. The Labute approximate surface area is 187 Å². The summed E-state index contributed by atoms with van der Waals surface area (Å²) >= 11 is 0. The monoisotopic (exact) mass is 442 g/mol. The van der Waals surface area contributed by atoms with Gasteiger partial charge in [0.15, 0.2) is 0 Å². The van der Waals surface area contributed by atoms with Gasteiger partial charge in [0.25, 0.3) is 15.9 Å². The molecule has 5 nitrogen and oxygen atoms in total. The van der Waals surface area contributed by atoms with Crippen LogP contribution in [0.5, 0.6) is 0 Å². The maximum Gasteiger partial charge on any atom is 0.261 e. The lowest BCUT2D eigenvalue weighted by Gasteiger charge is -2.23. The Morgan fingerprint density at radius 3 is 2.44 bits per heavy atom. The topological polar surface area (TPSA) is 66.5 Å². The minimum absolute atomic E-state index is 0.0540.